The third-order valence-electron chi connectivity index (χ3n) is 4.58. The van der Waals surface area contributed by atoms with Crippen LogP contribution in [0.3, 0.4) is 0 Å². The van der Waals surface area contributed by atoms with E-state index in [4.69, 9.17) is 4.98 Å². The summed E-state index contributed by atoms with van der Waals surface area (Å²) < 4.78 is 0.658. The van der Waals surface area contributed by atoms with E-state index in [-0.39, 0.29) is 11.9 Å². The van der Waals surface area contributed by atoms with E-state index in [1.54, 1.807) is 0 Å². The van der Waals surface area contributed by atoms with Crippen molar-refractivity contribution in [2.24, 2.45) is 0 Å². The van der Waals surface area contributed by atoms with Gasteiger partial charge in [0.1, 0.15) is 0 Å². The predicted molar refractivity (Wildman–Crippen MR) is 96.0 cm³/mol. The predicted octanol–water partition coefficient (Wildman–Crippen LogP) is 2.58. The first-order chi connectivity index (χ1) is 12.7. The Morgan fingerprint density at radius 3 is 2.69 bits per heavy atom. The third kappa shape index (κ3) is 3.26. The van der Waals surface area contributed by atoms with Crippen LogP contribution in [0.2, 0.25) is 0 Å². The summed E-state index contributed by atoms with van der Waals surface area (Å²) in [6, 6.07) is 12.8. The molecule has 6 heteroatoms. The molecule has 0 radical (unpaired) electrons. The molecule has 26 heavy (non-hydrogen) atoms. The molecule has 2 heterocycles. The number of carbonyl (C=O) groups is 1. The summed E-state index contributed by atoms with van der Waals surface area (Å²) in [5.41, 5.74) is 3.41. The van der Waals surface area contributed by atoms with Gasteiger partial charge in [-0.15, -0.1) is 0 Å². The lowest BCUT2D eigenvalue weighted by Gasteiger charge is -2.25. The standard InChI is InChI=1S/C20H18N4O2/c25-20(15-9-11-24(26)12-10-15)23-18-8-4-7-17-16(18)13-21-19(22-17)14-5-2-1-3-6-14/h1-3,5-6,9-13,18H,4,7-8H2,(H,23,25)/t18-/m1/s1. The zero-order valence-electron chi connectivity index (χ0n) is 14.1. The second-order valence-corrected chi connectivity index (χ2v) is 6.33. The van der Waals surface area contributed by atoms with Crippen LogP contribution in [-0.2, 0) is 6.42 Å². The Kier molecular flexibility index (Phi) is 4.31. The van der Waals surface area contributed by atoms with Crippen LogP contribution in [0.4, 0.5) is 0 Å². The second-order valence-electron chi connectivity index (χ2n) is 6.33. The Morgan fingerprint density at radius 2 is 1.92 bits per heavy atom. The lowest BCUT2D eigenvalue weighted by molar-refractivity contribution is -0.605. The smallest absolute Gasteiger partial charge is 0.252 e. The van der Waals surface area contributed by atoms with Crippen molar-refractivity contribution in [3.63, 3.8) is 0 Å². The van der Waals surface area contributed by atoms with Gasteiger partial charge in [0.25, 0.3) is 5.91 Å². The molecule has 1 N–H and O–H groups in total. The van der Waals surface area contributed by atoms with E-state index in [9.17, 15) is 10.0 Å². The lowest BCUT2D eigenvalue weighted by atomic mass is 9.92. The first kappa shape index (κ1) is 16.2. The molecule has 1 aliphatic rings. The maximum Gasteiger partial charge on any atom is 0.252 e. The van der Waals surface area contributed by atoms with Gasteiger partial charge in [-0.25, -0.2) is 9.97 Å². The van der Waals surface area contributed by atoms with Crippen molar-refractivity contribution < 1.29 is 9.52 Å². The molecule has 0 aliphatic heterocycles. The number of carbonyl (C=O) groups excluding carboxylic acids is 1. The number of aromatic nitrogens is 3. The van der Waals surface area contributed by atoms with Crippen LogP contribution < -0.4 is 10.0 Å². The van der Waals surface area contributed by atoms with Gasteiger partial charge in [-0.05, 0) is 19.3 Å². The number of aryl methyl sites for hydroxylation is 1. The average Bonchev–Trinajstić information content (AvgIpc) is 2.69. The lowest BCUT2D eigenvalue weighted by Crippen LogP contribution is -2.32. The highest BCUT2D eigenvalue weighted by atomic mass is 16.5. The van der Waals surface area contributed by atoms with E-state index in [2.05, 4.69) is 10.3 Å². The highest BCUT2D eigenvalue weighted by Gasteiger charge is 2.24. The molecule has 3 aromatic rings. The van der Waals surface area contributed by atoms with Crippen molar-refractivity contribution in [2.45, 2.75) is 25.3 Å². The summed E-state index contributed by atoms with van der Waals surface area (Å²) in [5, 5.41) is 14.2. The molecular weight excluding hydrogens is 328 g/mol. The molecule has 1 aromatic carbocycles. The van der Waals surface area contributed by atoms with Gasteiger partial charge < -0.3 is 10.5 Å². The molecule has 0 spiro atoms. The van der Waals surface area contributed by atoms with Crippen molar-refractivity contribution in [2.75, 3.05) is 0 Å². The molecule has 0 saturated carbocycles. The largest absolute Gasteiger partial charge is 0.619 e. The quantitative estimate of drug-likeness (QED) is 0.584. The van der Waals surface area contributed by atoms with E-state index in [1.807, 2.05) is 36.5 Å². The zero-order chi connectivity index (χ0) is 17.9. The summed E-state index contributed by atoms with van der Waals surface area (Å²) in [7, 11) is 0. The van der Waals surface area contributed by atoms with Gasteiger partial charge in [-0.2, -0.15) is 4.73 Å². The van der Waals surface area contributed by atoms with Crippen molar-refractivity contribution in [1.29, 1.82) is 0 Å². The number of pyridine rings is 1. The number of nitrogens with one attached hydrogen (secondary N) is 1. The Morgan fingerprint density at radius 1 is 1.15 bits per heavy atom. The number of hydrogen-bond acceptors (Lipinski definition) is 4. The van der Waals surface area contributed by atoms with Crippen LogP contribution in [0.1, 0.15) is 40.5 Å². The van der Waals surface area contributed by atoms with Gasteiger partial charge >= 0.3 is 0 Å². The van der Waals surface area contributed by atoms with E-state index in [0.717, 1.165) is 36.1 Å². The van der Waals surface area contributed by atoms with Gasteiger partial charge in [0.05, 0.1) is 11.6 Å². The summed E-state index contributed by atoms with van der Waals surface area (Å²) in [5.74, 6) is 0.509. The molecular formula is C20H18N4O2. The summed E-state index contributed by atoms with van der Waals surface area (Å²) in [6.07, 6.45) is 7.15. The molecule has 0 saturated heterocycles. The van der Waals surface area contributed by atoms with Crippen molar-refractivity contribution in [3.05, 3.63) is 83.1 Å². The number of nitrogens with zero attached hydrogens (tertiary/aromatic N) is 3. The van der Waals surface area contributed by atoms with Gasteiger partial charge in [-0.1, -0.05) is 30.3 Å². The number of amides is 1. The monoisotopic (exact) mass is 346 g/mol. The van der Waals surface area contributed by atoms with E-state index >= 15 is 0 Å². The third-order valence-corrected chi connectivity index (χ3v) is 4.58. The first-order valence-corrected chi connectivity index (χ1v) is 8.61. The molecule has 0 bridgehead atoms. The molecule has 1 aliphatic carbocycles. The van der Waals surface area contributed by atoms with Crippen LogP contribution in [-0.4, -0.2) is 15.9 Å². The van der Waals surface area contributed by atoms with Gasteiger partial charge in [-0.3, -0.25) is 4.79 Å². The number of rotatable bonds is 3. The van der Waals surface area contributed by atoms with Crippen LogP contribution in [0.25, 0.3) is 11.4 Å². The highest BCUT2D eigenvalue weighted by Crippen LogP contribution is 2.29. The maximum atomic E-state index is 12.5. The minimum atomic E-state index is -0.199. The van der Waals surface area contributed by atoms with Crippen LogP contribution >= 0.6 is 0 Å². The number of hydrogen-bond donors (Lipinski definition) is 1. The summed E-state index contributed by atoms with van der Waals surface area (Å²) >= 11 is 0. The van der Waals surface area contributed by atoms with Crippen molar-refractivity contribution >= 4 is 5.91 Å². The number of benzene rings is 1. The fourth-order valence-corrected chi connectivity index (χ4v) is 3.23. The van der Waals surface area contributed by atoms with E-state index in [1.165, 1.54) is 24.5 Å². The SMILES string of the molecule is O=C(N[C@@H]1CCCc2nc(-c3ccccc3)ncc21)c1cc[n+]([O-])cc1. The zero-order valence-corrected chi connectivity index (χ0v) is 14.1. The highest BCUT2D eigenvalue weighted by molar-refractivity contribution is 5.94. The minimum Gasteiger partial charge on any atom is -0.619 e. The van der Waals surface area contributed by atoms with Crippen molar-refractivity contribution in [1.82, 2.24) is 15.3 Å². The molecule has 1 amide bonds. The Balaban J connectivity index is 1.57. The average molecular weight is 346 g/mol. The normalized spacial score (nSPS) is 15.9. The maximum absolute atomic E-state index is 12.5. The van der Waals surface area contributed by atoms with Crippen LogP contribution in [0, 0.1) is 5.21 Å². The Bertz CT molecular complexity index is 926. The van der Waals surface area contributed by atoms with Crippen LogP contribution in [0.15, 0.2) is 61.1 Å². The minimum absolute atomic E-state index is 0.115. The van der Waals surface area contributed by atoms with Gasteiger partial charge in [0.2, 0.25) is 0 Å². The number of fused-ring (bicyclic) bond motifs is 1. The van der Waals surface area contributed by atoms with Crippen molar-refractivity contribution in [3.8, 4) is 11.4 Å². The molecule has 0 unspecified atom stereocenters. The second kappa shape index (κ2) is 6.92. The fourth-order valence-electron chi connectivity index (χ4n) is 3.23. The molecule has 2 aromatic heterocycles. The van der Waals surface area contributed by atoms with E-state index in [0.29, 0.717) is 16.1 Å². The first-order valence-electron chi connectivity index (χ1n) is 8.61. The molecule has 6 nitrogen and oxygen atoms in total. The molecule has 1 atom stereocenters. The summed E-state index contributed by atoms with van der Waals surface area (Å²) in [6.45, 7) is 0. The van der Waals surface area contributed by atoms with Crippen LogP contribution in [0.5, 0.6) is 0 Å². The molecule has 4 rings (SSSR count). The molecule has 130 valence electrons. The topological polar surface area (TPSA) is 81.8 Å². The fraction of sp³-hybridized carbons (Fsp3) is 0.200. The van der Waals surface area contributed by atoms with E-state index < -0.39 is 0 Å². The summed E-state index contributed by atoms with van der Waals surface area (Å²) in [4.78, 5) is 21.7. The Labute approximate surface area is 151 Å². The van der Waals surface area contributed by atoms with Gasteiger partial charge in [0.15, 0.2) is 18.2 Å². The molecule has 0 fully saturated rings. The van der Waals surface area contributed by atoms with Gasteiger partial charge in [0, 0.05) is 35.2 Å². The Hall–Kier alpha value is -3.28.